The molecular formula is C15H22N4. The molecule has 0 amide bonds. The minimum Gasteiger partial charge on any atom is -0.366 e. The molecule has 0 aliphatic heterocycles. The Hall–Kier alpha value is -1.81. The highest BCUT2D eigenvalue weighted by Gasteiger charge is 2.17. The van der Waals surface area contributed by atoms with Crippen LogP contribution in [0.2, 0.25) is 0 Å². The largest absolute Gasteiger partial charge is 0.366 e. The Bertz CT molecular complexity index is 515. The molecule has 0 spiro atoms. The molecule has 0 fully saturated rings. The zero-order valence-electron chi connectivity index (χ0n) is 11.9. The van der Waals surface area contributed by atoms with E-state index in [0.29, 0.717) is 6.54 Å². The van der Waals surface area contributed by atoms with Gasteiger partial charge in [-0.3, -0.25) is 4.68 Å². The molecule has 102 valence electrons. The highest BCUT2D eigenvalue weighted by Crippen LogP contribution is 2.24. The van der Waals surface area contributed by atoms with E-state index < -0.39 is 0 Å². The van der Waals surface area contributed by atoms with Gasteiger partial charge in [0, 0.05) is 38.1 Å². The summed E-state index contributed by atoms with van der Waals surface area (Å²) >= 11 is 0. The van der Waals surface area contributed by atoms with E-state index in [2.05, 4.69) is 48.2 Å². The number of likely N-dealkylation sites (N-methyl/N-ethyl adjacent to an activating group) is 1. The van der Waals surface area contributed by atoms with Crippen LogP contribution in [0.15, 0.2) is 36.7 Å². The average Bonchev–Trinajstić information content (AvgIpc) is 2.86. The van der Waals surface area contributed by atoms with E-state index in [0.717, 1.165) is 12.0 Å². The van der Waals surface area contributed by atoms with Gasteiger partial charge >= 0.3 is 0 Å². The second kappa shape index (κ2) is 5.89. The number of aryl methyl sites for hydroxylation is 2. The molecule has 0 saturated carbocycles. The van der Waals surface area contributed by atoms with E-state index in [1.54, 1.807) is 0 Å². The van der Waals surface area contributed by atoms with E-state index >= 15 is 0 Å². The minimum atomic E-state index is 0.154. The zero-order chi connectivity index (χ0) is 13.8. The van der Waals surface area contributed by atoms with Crippen molar-refractivity contribution in [3.63, 3.8) is 0 Å². The first-order valence-corrected chi connectivity index (χ1v) is 6.66. The van der Waals surface area contributed by atoms with Crippen molar-refractivity contribution in [3.05, 3.63) is 47.8 Å². The minimum absolute atomic E-state index is 0.154. The van der Waals surface area contributed by atoms with Crippen LogP contribution in [-0.2, 0) is 13.5 Å². The van der Waals surface area contributed by atoms with Crippen molar-refractivity contribution in [2.24, 2.45) is 12.8 Å². The SMILES string of the molecule is CCc1ccc(N(C)C(CN)c2cnn(C)c2)cc1. The van der Waals surface area contributed by atoms with Crippen LogP contribution in [0.5, 0.6) is 0 Å². The summed E-state index contributed by atoms with van der Waals surface area (Å²) < 4.78 is 1.81. The van der Waals surface area contributed by atoms with Crippen LogP contribution in [0.25, 0.3) is 0 Å². The highest BCUT2D eigenvalue weighted by atomic mass is 15.2. The van der Waals surface area contributed by atoms with Crippen molar-refractivity contribution >= 4 is 5.69 Å². The summed E-state index contributed by atoms with van der Waals surface area (Å²) in [7, 11) is 4.00. The molecule has 0 saturated heterocycles. The lowest BCUT2D eigenvalue weighted by Gasteiger charge is -2.28. The molecule has 1 aromatic carbocycles. The highest BCUT2D eigenvalue weighted by molar-refractivity contribution is 5.49. The van der Waals surface area contributed by atoms with E-state index in [-0.39, 0.29) is 6.04 Å². The van der Waals surface area contributed by atoms with Gasteiger partial charge in [-0.1, -0.05) is 19.1 Å². The smallest absolute Gasteiger partial charge is 0.0692 e. The maximum absolute atomic E-state index is 5.93. The molecule has 1 heterocycles. The fraction of sp³-hybridized carbons (Fsp3) is 0.400. The summed E-state index contributed by atoms with van der Waals surface area (Å²) in [5.74, 6) is 0. The van der Waals surface area contributed by atoms with Gasteiger partial charge < -0.3 is 10.6 Å². The predicted molar refractivity (Wildman–Crippen MR) is 79.2 cm³/mol. The fourth-order valence-electron chi connectivity index (χ4n) is 2.28. The van der Waals surface area contributed by atoms with Crippen LogP contribution < -0.4 is 10.6 Å². The Balaban J connectivity index is 2.22. The van der Waals surface area contributed by atoms with Gasteiger partial charge in [0.15, 0.2) is 0 Å². The topological polar surface area (TPSA) is 47.1 Å². The first-order chi connectivity index (χ1) is 9.15. The number of benzene rings is 1. The first-order valence-electron chi connectivity index (χ1n) is 6.66. The number of hydrogen-bond acceptors (Lipinski definition) is 3. The summed E-state index contributed by atoms with van der Waals surface area (Å²) in [6.45, 7) is 2.73. The van der Waals surface area contributed by atoms with Gasteiger partial charge in [0.1, 0.15) is 0 Å². The normalized spacial score (nSPS) is 12.4. The van der Waals surface area contributed by atoms with Crippen LogP contribution >= 0.6 is 0 Å². The van der Waals surface area contributed by atoms with Crippen LogP contribution in [0.3, 0.4) is 0 Å². The lowest BCUT2D eigenvalue weighted by atomic mass is 10.1. The van der Waals surface area contributed by atoms with Crippen molar-refractivity contribution in [3.8, 4) is 0 Å². The van der Waals surface area contributed by atoms with Crippen molar-refractivity contribution in [2.45, 2.75) is 19.4 Å². The zero-order valence-corrected chi connectivity index (χ0v) is 11.9. The maximum Gasteiger partial charge on any atom is 0.0692 e. The quantitative estimate of drug-likeness (QED) is 0.893. The first kappa shape index (κ1) is 13.6. The van der Waals surface area contributed by atoms with Crippen LogP contribution in [-0.4, -0.2) is 23.4 Å². The number of aromatic nitrogens is 2. The third-order valence-electron chi connectivity index (χ3n) is 3.55. The van der Waals surface area contributed by atoms with Crippen LogP contribution in [0, 0.1) is 0 Å². The van der Waals surface area contributed by atoms with Gasteiger partial charge in [0.05, 0.1) is 12.2 Å². The summed E-state index contributed by atoms with van der Waals surface area (Å²) in [5, 5.41) is 4.22. The Morgan fingerprint density at radius 2 is 2.00 bits per heavy atom. The predicted octanol–water partition coefficient (Wildman–Crippen LogP) is 2.12. The van der Waals surface area contributed by atoms with E-state index in [9.17, 15) is 0 Å². The van der Waals surface area contributed by atoms with Gasteiger partial charge in [-0.15, -0.1) is 0 Å². The van der Waals surface area contributed by atoms with Crippen LogP contribution in [0.1, 0.15) is 24.1 Å². The molecule has 0 aliphatic carbocycles. The van der Waals surface area contributed by atoms with E-state index in [1.165, 1.54) is 11.3 Å². The summed E-state index contributed by atoms with van der Waals surface area (Å²) in [6, 6.07) is 8.79. The number of hydrogen-bond donors (Lipinski definition) is 1. The molecule has 2 rings (SSSR count). The Morgan fingerprint density at radius 3 is 2.47 bits per heavy atom. The summed E-state index contributed by atoms with van der Waals surface area (Å²) in [5.41, 5.74) is 9.60. The maximum atomic E-state index is 5.93. The van der Waals surface area contributed by atoms with Gasteiger partial charge in [-0.2, -0.15) is 5.10 Å². The van der Waals surface area contributed by atoms with Crippen molar-refractivity contribution < 1.29 is 0 Å². The Labute approximate surface area is 114 Å². The fourth-order valence-corrected chi connectivity index (χ4v) is 2.28. The monoisotopic (exact) mass is 258 g/mol. The Kier molecular flexibility index (Phi) is 4.22. The second-order valence-electron chi connectivity index (χ2n) is 4.83. The molecule has 1 unspecified atom stereocenters. The molecule has 4 nitrogen and oxygen atoms in total. The van der Waals surface area contributed by atoms with Gasteiger partial charge in [-0.25, -0.2) is 0 Å². The number of nitrogens with two attached hydrogens (primary N) is 1. The summed E-state index contributed by atoms with van der Waals surface area (Å²) in [4.78, 5) is 2.20. The Morgan fingerprint density at radius 1 is 1.32 bits per heavy atom. The standard InChI is InChI=1S/C15H22N4/c1-4-12-5-7-14(8-6-12)19(3)15(9-16)13-10-17-18(2)11-13/h5-8,10-11,15H,4,9,16H2,1-3H3. The third kappa shape index (κ3) is 2.96. The molecule has 2 aromatic rings. The molecule has 0 bridgehead atoms. The van der Waals surface area contributed by atoms with Crippen molar-refractivity contribution in [2.75, 3.05) is 18.5 Å². The van der Waals surface area contributed by atoms with Gasteiger partial charge in [-0.05, 0) is 24.1 Å². The molecule has 4 heteroatoms. The van der Waals surface area contributed by atoms with Gasteiger partial charge in [0.2, 0.25) is 0 Å². The molecule has 1 atom stereocenters. The van der Waals surface area contributed by atoms with Crippen LogP contribution in [0.4, 0.5) is 5.69 Å². The summed E-state index contributed by atoms with van der Waals surface area (Å²) in [6.07, 6.45) is 4.97. The lowest BCUT2D eigenvalue weighted by Crippen LogP contribution is -2.30. The number of rotatable bonds is 5. The molecular weight excluding hydrogens is 236 g/mol. The molecule has 1 aromatic heterocycles. The molecule has 0 radical (unpaired) electrons. The second-order valence-corrected chi connectivity index (χ2v) is 4.83. The molecule has 19 heavy (non-hydrogen) atoms. The number of nitrogens with zero attached hydrogens (tertiary/aromatic N) is 3. The lowest BCUT2D eigenvalue weighted by molar-refractivity contribution is 0.678. The molecule has 2 N–H and O–H groups in total. The van der Waals surface area contributed by atoms with Crippen molar-refractivity contribution in [1.82, 2.24) is 9.78 Å². The van der Waals surface area contributed by atoms with E-state index in [4.69, 9.17) is 5.73 Å². The van der Waals surface area contributed by atoms with Crippen molar-refractivity contribution in [1.29, 1.82) is 0 Å². The van der Waals surface area contributed by atoms with Gasteiger partial charge in [0.25, 0.3) is 0 Å². The van der Waals surface area contributed by atoms with E-state index in [1.807, 2.05) is 24.1 Å². The third-order valence-corrected chi connectivity index (χ3v) is 3.55. The molecule has 0 aliphatic rings. The average molecular weight is 258 g/mol. The number of anilines is 1.